The quantitative estimate of drug-likeness (QED) is 0.0241. The molecule has 0 aliphatic carbocycles. The van der Waals surface area contributed by atoms with Gasteiger partial charge in [-0.2, -0.15) is 4.57 Å². The molecule has 1 aromatic heterocycles. The van der Waals surface area contributed by atoms with Crippen molar-refractivity contribution in [3.05, 3.63) is 194 Å². The summed E-state index contributed by atoms with van der Waals surface area (Å²) >= 11 is 0. The van der Waals surface area contributed by atoms with Crippen LogP contribution in [0.1, 0.15) is 48.7 Å². The Bertz CT molecular complexity index is 2800. The van der Waals surface area contributed by atoms with E-state index < -0.39 is 144 Å². The van der Waals surface area contributed by atoms with E-state index in [1.54, 1.807) is 0 Å². The summed E-state index contributed by atoms with van der Waals surface area (Å²) in [5.74, 6) is -71.2. The fraction of sp³-hybridized carbons (Fsp3) is 0.130. The van der Waals surface area contributed by atoms with Crippen molar-refractivity contribution in [2.75, 3.05) is 0 Å². The maximum atomic E-state index is 15.4. The third kappa shape index (κ3) is 8.53. The molecular weight excluding hydrogens is 973 g/mol. The fourth-order valence-electron chi connectivity index (χ4n) is 8.01. The van der Waals surface area contributed by atoms with Gasteiger partial charge < -0.3 is 0 Å². The standard InChI is InChI=1S/C24BF20.C22H24NO/c26-5-1(6(27)14(35)21(42)13(5)34)25(2-7(28)15(36)22(43)16(37)8(2)29,3-9(30)17(38)23(44)18(39)10(3)31)4-11(32)19(40)24(45)20(41)12(4)33;1-2-3-5-14-21(24)22-20-13-9-8-12-19(20)15-16-23(22)17-18-10-6-4-7-11-18/h;4,6-13,15-16H,2-3,5,14,17H2,1H3/q-1;+1. The summed E-state index contributed by atoms with van der Waals surface area (Å²) in [6.07, 6.45) is -1.35. The normalized spacial score (nSPS) is 11.6. The number of hydrogen-bond donors (Lipinski definition) is 0. The zero-order valence-electron chi connectivity index (χ0n) is 34.4. The average Bonchev–Trinajstić information content (AvgIpc) is 3.34. The van der Waals surface area contributed by atoms with E-state index in [1.165, 1.54) is 5.56 Å². The molecule has 0 unspecified atom stereocenters. The summed E-state index contributed by atoms with van der Waals surface area (Å²) in [6.45, 7) is 2.89. The number of hydrogen-bond acceptors (Lipinski definition) is 1. The van der Waals surface area contributed by atoms with Crippen LogP contribution in [0, 0.1) is 116 Å². The molecule has 2 nitrogen and oxygen atoms in total. The highest BCUT2D eigenvalue weighted by molar-refractivity contribution is 7.20. The van der Waals surface area contributed by atoms with E-state index in [2.05, 4.69) is 41.8 Å². The smallest absolute Gasteiger partial charge is 0.256 e. The van der Waals surface area contributed by atoms with Crippen LogP contribution >= 0.6 is 0 Å². The Labute approximate surface area is 375 Å². The lowest BCUT2D eigenvalue weighted by Crippen LogP contribution is -2.81. The van der Waals surface area contributed by atoms with E-state index in [0.717, 1.165) is 42.3 Å². The molecule has 362 valence electrons. The van der Waals surface area contributed by atoms with Gasteiger partial charge in [-0.25, -0.2) is 87.8 Å². The minimum absolute atomic E-state index is 0.246. The first kappa shape index (κ1) is 51.5. The van der Waals surface area contributed by atoms with E-state index in [1.807, 2.05) is 36.5 Å². The van der Waals surface area contributed by atoms with Crippen molar-refractivity contribution in [2.45, 2.75) is 39.2 Å². The number of ketones is 1. The van der Waals surface area contributed by atoms with Crippen LogP contribution in [0.2, 0.25) is 0 Å². The number of fused-ring (bicyclic) bond motifs is 1. The second kappa shape index (κ2) is 20.0. The van der Waals surface area contributed by atoms with E-state index in [9.17, 15) is 57.5 Å². The Morgan fingerprint density at radius 3 is 1.07 bits per heavy atom. The summed E-state index contributed by atoms with van der Waals surface area (Å²) in [5.41, 5.74) is -12.3. The fourth-order valence-corrected chi connectivity index (χ4v) is 8.01. The number of halogens is 20. The molecular formula is C46H24BF20NO. The summed E-state index contributed by atoms with van der Waals surface area (Å²) in [6, 6.07) is 20.6. The molecule has 7 aromatic rings. The van der Waals surface area contributed by atoms with Crippen molar-refractivity contribution in [3.8, 4) is 0 Å². The molecule has 6 aromatic carbocycles. The first-order valence-electron chi connectivity index (χ1n) is 19.7. The van der Waals surface area contributed by atoms with Crippen molar-refractivity contribution < 1.29 is 97.2 Å². The second-order valence-corrected chi connectivity index (χ2v) is 15.0. The van der Waals surface area contributed by atoms with Crippen molar-refractivity contribution in [1.29, 1.82) is 0 Å². The average molecular weight is 997 g/mol. The van der Waals surface area contributed by atoms with Gasteiger partial charge in [-0.1, -0.05) is 68.3 Å². The zero-order chi connectivity index (χ0) is 51.1. The monoisotopic (exact) mass is 997 g/mol. The second-order valence-electron chi connectivity index (χ2n) is 15.0. The van der Waals surface area contributed by atoms with Crippen LogP contribution in [0.4, 0.5) is 87.8 Å². The van der Waals surface area contributed by atoms with Gasteiger partial charge in [-0.05, 0) is 17.9 Å². The number of nitrogens with zero attached hydrogens (tertiary/aromatic N) is 1. The first-order valence-corrected chi connectivity index (χ1v) is 19.7. The van der Waals surface area contributed by atoms with Gasteiger partial charge in [0.25, 0.3) is 5.69 Å². The maximum Gasteiger partial charge on any atom is 0.256 e. The Balaban J connectivity index is 0.000000273. The minimum Gasteiger partial charge on any atom is -0.287 e. The van der Waals surface area contributed by atoms with E-state index in [-0.39, 0.29) is 5.78 Å². The lowest BCUT2D eigenvalue weighted by molar-refractivity contribution is -0.688. The summed E-state index contributed by atoms with van der Waals surface area (Å²) in [5, 5.41) is 2.18. The number of pyridine rings is 1. The van der Waals surface area contributed by atoms with Crippen LogP contribution in [0.5, 0.6) is 0 Å². The molecule has 1 heterocycles. The lowest BCUT2D eigenvalue weighted by atomic mass is 9.12. The van der Waals surface area contributed by atoms with E-state index in [0.29, 0.717) is 6.42 Å². The van der Waals surface area contributed by atoms with Crippen LogP contribution in [-0.4, -0.2) is 11.9 Å². The molecule has 0 radical (unpaired) electrons. The highest BCUT2D eigenvalue weighted by Gasteiger charge is 2.52. The van der Waals surface area contributed by atoms with Gasteiger partial charge in [0.05, 0.1) is 5.39 Å². The van der Waals surface area contributed by atoms with Crippen molar-refractivity contribution in [3.63, 3.8) is 0 Å². The van der Waals surface area contributed by atoms with Gasteiger partial charge in [-0.15, -0.1) is 21.9 Å². The van der Waals surface area contributed by atoms with Gasteiger partial charge >= 0.3 is 0 Å². The zero-order valence-corrected chi connectivity index (χ0v) is 34.4. The molecule has 23 heteroatoms. The Kier molecular flexibility index (Phi) is 14.9. The number of unbranched alkanes of at least 4 members (excludes halogenated alkanes) is 2. The lowest BCUT2D eigenvalue weighted by Gasteiger charge is -2.44. The maximum absolute atomic E-state index is 15.4. The predicted octanol–water partition coefficient (Wildman–Crippen LogP) is 10.8. The first-order chi connectivity index (χ1) is 32.5. The molecule has 69 heavy (non-hydrogen) atoms. The number of Topliss-reactive ketones (excluding diaryl/α,β-unsaturated/α-hetero) is 1. The Morgan fingerprint density at radius 2 is 0.725 bits per heavy atom. The molecule has 0 aliphatic rings. The number of rotatable bonds is 11. The largest absolute Gasteiger partial charge is 0.287 e. The minimum atomic E-state index is -7.22. The third-order valence-electron chi connectivity index (χ3n) is 11.1. The molecule has 0 aliphatic heterocycles. The molecule has 0 fully saturated rings. The van der Waals surface area contributed by atoms with Crippen LogP contribution in [0.15, 0.2) is 66.9 Å². The molecule has 0 N–H and O–H groups in total. The van der Waals surface area contributed by atoms with Crippen LogP contribution in [-0.2, 0) is 6.54 Å². The molecule has 0 saturated carbocycles. The molecule has 0 bridgehead atoms. The number of benzene rings is 6. The SMILES string of the molecule is CCCCCC(=O)c1c2ccccc2cc[n+]1Cc1ccccc1.Fc1c(F)c(F)c([B-](c2c(F)c(F)c(F)c(F)c2F)(c2c(F)c(F)c(F)c(F)c2F)c2c(F)c(F)c(F)c(F)c2F)c(F)c1F. The van der Waals surface area contributed by atoms with Crippen molar-refractivity contribution in [1.82, 2.24) is 0 Å². The summed E-state index contributed by atoms with van der Waals surface area (Å²) in [4.78, 5) is 12.9. The van der Waals surface area contributed by atoms with E-state index in [4.69, 9.17) is 0 Å². The molecule has 0 amide bonds. The van der Waals surface area contributed by atoms with Gasteiger partial charge in [0.1, 0.15) is 52.7 Å². The number of aromatic nitrogens is 1. The molecule has 0 atom stereocenters. The third-order valence-corrected chi connectivity index (χ3v) is 11.1. The Morgan fingerprint density at radius 1 is 0.406 bits per heavy atom. The van der Waals surface area contributed by atoms with Crippen molar-refractivity contribution in [2.24, 2.45) is 0 Å². The number of carbonyl (C=O) groups excluding carboxylic acids is 1. The van der Waals surface area contributed by atoms with E-state index >= 15 is 35.1 Å². The highest BCUT2D eigenvalue weighted by atomic mass is 19.2. The topological polar surface area (TPSA) is 20.9 Å². The molecule has 0 saturated heterocycles. The molecule has 7 rings (SSSR count). The van der Waals surface area contributed by atoms with Crippen LogP contribution in [0.25, 0.3) is 10.8 Å². The van der Waals surface area contributed by atoms with Gasteiger partial charge in [0, 0.05) is 18.1 Å². The van der Waals surface area contributed by atoms with Gasteiger partial charge in [-0.3, -0.25) is 4.79 Å². The van der Waals surface area contributed by atoms with Crippen molar-refractivity contribution >= 4 is 44.6 Å². The van der Waals surface area contributed by atoms with Crippen LogP contribution < -0.4 is 26.4 Å². The van der Waals surface area contributed by atoms with Crippen LogP contribution in [0.3, 0.4) is 0 Å². The number of carbonyl (C=O) groups is 1. The van der Waals surface area contributed by atoms with Gasteiger partial charge in [0.15, 0.2) is 82.5 Å². The molecule has 0 spiro atoms. The summed E-state index contributed by atoms with van der Waals surface area (Å²) < 4.78 is 296. The predicted molar refractivity (Wildman–Crippen MR) is 207 cm³/mol. The Hall–Kier alpha value is -6.94. The van der Waals surface area contributed by atoms with Gasteiger partial charge in [0.2, 0.25) is 5.78 Å². The highest BCUT2D eigenvalue weighted by Crippen LogP contribution is 2.31. The summed E-state index contributed by atoms with van der Waals surface area (Å²) in [7, 11) is 0.